The third-order valence-electron chi connectivity index (χ3n) is 3.48. The summed E-state index contributed by atoms with van der Waals surface area (Å²) in [5.41, 5.74) is 7.68. The zero-order valence-corrected chi connectivity index (χ0v) is 12.8. The Kier molecular flexibility index (Phi) is 4.08. The van der Waals surface area contributed by atoms with Gasteiger partial charge in [0, 0.05) is 11.1 Å². The van der Waals surface area contributed by atoms with Gasteiger partial charge in [0.25, 0.3) is 0 Å². The second-order valence-corrected chi connectivity index (χ2v) is 6.17. The molecule has 0 radical (unpaired) electrons. The number of rotatable bonds is 2. The molecule has 0 bridgehead atoms. The first-order chi connectivity index (χ1) is 10.2. The fraction of sp³-hybridized carbons (Fsp3) is 0.235. The maximum absolute atomic E-state index is 13.0. The summed E-state index contributed by atoms with van der Waals surface area (Å²) in [4.78, 5) is 0. The van der Waals surface area contributed by atoms with Crippen LogP contribution in [-0.4, -0.2) is 16.0 Å². The molecule has 4 N–H and O–H groups in total. The number of aromatic hydroxyl groups is 1. The number of halogens is 1. The number of nitrogens with two attached hydrogens (primary N) is 1. The van der Waals surface area contributed by atoms with Crippen LogP contribution in [0.15, 0.2) is 41.6 Å². The molecule has 0 aliphatic carbocycles. The molecule has 4 nitrogen and oxygen atoms in total. The van der Waals surface area contributed by atoms with Crippen molar-refractivity contribution in [3.63, 3.8) is 0 Å². The van der Waals surface area contributed by atoms with Crippen molar-refractivity contribution < 1.29 is 14.7 Å². The van der Waals surface area contributed by atoms with E-state index >= 15 is 0 Å². The van der Waals surface area contributed by atoms with Gasteiger partial charge in [-0.15, -0.1) is 0 Å². The zero-order valence-electron chi connectivity index (χ0n) is 12.8. The number of phenols is 1. The molecule has 5 heteroatoms. The van der Waals surface area contributed by atoms with Crippen LogP contribution < -0.4 is 5.73 Å². The summed E-state index contributed by atoms with van der Waals surface area (Å²) in [6, 6.07) is 8.89. The number of anilines is 1. The second kappa shape index (κ2) is 5.67. The van der Waals surface area contributed by atoms with Gasteiger partial charge in [-0.3, -0.25) is 0 Å². The number of nitrogens with zero attached hydrogens (tertiary/aromatic N) is 1. The van der Waals surface area contributed by atoms with E-state index in [-0.39, 0.29) is 22.6 Å². The quantitative estimate of drug-likeness (QED) is 0.260. The minimum atomic E-state index is -0.395. The molecule has 2 aromatic carbocycles. The first-order valence-electron chi connectivity index (χ1n) is 6.85. The predicted molar refractivity (Wildman–Crippen MR) is 85.0 cm³/mol. The van der Waals surface area contributed by atoms with Gasteiger partial charge in [-0.05, 0) is 47.4 Å². The van der Waals surface area contributed by atoms with E-state index < -0.39 is 5.82 Å². The van der Waals surface area contributed by atoms with Gasteiger partial charge in [0.1, 0.15) is 17.3 Å². The molecule has 116 valence electrons. The lowest BCUT2D eigenvalue weighted by Crippen LogP contribution is -2.14. The highest BCUT2D eigenvalue weighted by atomic mass is 19.1. The molecule has 2 rings (SSSR count). The lowest BCUT2D eigenvalue weighted by molar-refractivity contribution is 0.319. The van der Waals surface area contributed by atoms with E-state index in [1.165, 1.54) is 24.3 Å². The van der Waals surface area contributed by atoms with Gasteiger partial charge in [0.15, 0.2) is 0 Å². The smallest absolute Gasteiger partial charge is 0.148 e. The summed E-state index contributed by atoms with van der Waals surface area (Å²) in [6.07, 6.45) is 0. The lowest BCUT2D eigenvalue weighted by atomic mass is 9.84. The van der Waals surface area contributed by atoms with Gasteiger partial charge in [-0.25, -0.2) is 4.39 Å². The monoisotopic (exact) mass is 302 g/mol. The number of phenolic OH excluding ortho intramolecular Hbond substituents is 1. The summed E-state index contributed by atoms with van der Waals surface area (Å²) in [5.74, 6) is -0.557. The molecular weight excluding hydrogens is 283 g/mol. The Morgan fingerprint density at radius 3 is 2.23 bits per heavy atom. The topological polar surface area (TPSA) is 78.8 Å². The van der Waals surface area contributed by atoms with Crippen molar-refractivity contribution in [1.29, 1.82) is 0 Å². The Balaban J connectivity index is 2.63. The molecule has 0 aromatic heterocycles. The number of oxime groups is 1. The van der Waals surface area contributed by atoms with Gasteiger partial charge in [0.2, 0.25) is 0 Å². The molecule has 0 unspecified atom stereocenters. The Morgan fingerprint density at radius 1 is 1.14 bits per heavy atom. The number of hydrogen-bond donors (Lipinski definition) is 3. The van der Waals surface area contributed by atoms with Crippen LogP contribution in [0.3, 0.4) is 0 Å². The van der Waals surface area contributed by atoms with Gasteiger partial charge in [-0.1, -0.05) is 25.9 Å². The van der Waals surface area contributed by atoms with Crippen molar-refractivity contribution >= 4 is 11.4 Å². The van der Waals surface area contributed by atoms with Crippen LogP contribution in [0.1, 0.15) is 37.5 Å². The summed E-state index contributed by atoms with van der Waals surface area (Å²) in [6.45, 7) is 6.03. The minimum Gasteiger partial charge on any atom is -0.505 e. The fourth-order valence-corrected chi connectivity index (χ4v) is 2.15. The fourth-order valence-electron chi connectivity index (χ4n) is 2.15. The maximum Gasteiger partial charge on any atom is 0.148 e. The van der Waals surface area contributed by atoms with Crippen LogP contribution in [0.25, 0.3) is 0 Å². The lowest BCUT2D eigenvalue weighted by Gasteiger charge is -2.21. The van der Waals surface area contributed by atoms with Crippen LogP contribution >= 0.6 is 0 Å². The molecular formula is C17H19FN2O2. The van der Waals surface area contributed by atoms with Crippen molar-refractivity contribution in [3.8, 4) is 5.75 Å². The molecule has 22 heavy (non-hydrogen) atoms. The molecule has 0 aliphatic heterocycles. The highest BCUT2D eigenvalue weighted by Crippen LogP contribution is 2.34. The van der Waals surface area contributed by atoms with Crippen LogP contribution in [0.4, 0.5) is 10.1 Å². The van der Waals surface area contributed by atoms with E-state index in [1.807, 2.05) is 20.8 Å². The largest absolute Gasteiger partial charge is 0.505 e. The number of nitrogen functional groups attached to an aromatic ring is 1. The van der Waals surface area contributed by atoms with E-state index in [4.69, 9.17) is 5.73 Å². The zero-order chi connectivity index (χ0) is 16.5. The van der Waals surface area contributed by atoms with Crippen LogP contribution in [0.2, 0.25) is 0 Å². The van der Waals surface area contributed by atoms with Crippen molar-refractivity contribution in [2.24, 2.45) is 5.16 Å². The molecule has 0 fully saturated rings. The van der Waals surface area contributed by atoms with Gasteiger partial charge >= 0.3 is 0 Å². The predicted octanol–water partition coefficient (Wildman–Crippen LogP) is 3.64. The third kappa shape index (κ3) is 3.03. The van der Waals surface area contributed by atoms with Crippen molar-refractivity contribution in [2.45, 2.75) is 26.2 Å². The molecule has 0 atom stereocenters. The molecule has 0 aliphatic rings. The number of benzene rings is 2. The summed E-state index contributed by atoms with van der Waals surface area (Å²) in [5, 5.41) is 22.8. The summed E-state index contributed by atoms with van der Waals surface area (Å²) < 4.78 is 13.0. The Morgan fingerprint density at radius 2 is 1.73 bits per heavy atom. The second-order valence-electron chi connectivity index (χ2n) is 6.17. The average molecular weight is 302 g/mol. The molecule has 0 spiro atoms. The Hall–Kier alpha value is -2.56. The molecule has 0 heterocycles. The highest BCUT2D eigenvalue weighted by Gasteiger charge is 2.21. The van der Waals surface area contributed by atoms with E-state index in [0.717, 1.165) is 5.56 Å². The Bertz CT molecular complexity index is 717. The van der Waals surface area contributed by atoms with Crippen LogP contribution in [0, 0.1) is 5.82 Å². The standard InChI is InChI=1S/C17H19FN2O2/c1-17(2,3)11-8-13(16(21)14(19)9-11)15(20-22)10-4-6-12(18)7-5-10/h4-9,21-22H,19H2,1-3H3. The maximum atomic E-state index is 13.0. The molecule has 2 aromatic rings. The normalized spacial score (nSPS) is 12.5. The van der Waals surface area contributed by atoms with E-state index in [2.05, 4.69) is 5.16 Å². The van der Waals surface area contributed by atoms with Crippen LogP contribution in [0.5, 0.6) is 5.75 Å². The van der Waals surface area contributed by atoms with Gasteiger partial charge in [0.05, 0.1) is 5.69 Å². The van der Waals surface area contributed by atoms with Crippen molar-refractivity contribution in [1.82, 2.24) is 0 Å². The van der Waals surface area contributed by atoms with Gasteiger partial charge in [-0.2, -0.15) is 0 Å². The molecule has 0 saturated heterocycles. The molecule has 0 amide bonds. The van der Waals surface area contributed by atoms with Crippen LogP contribution in [-0.2, 0) is 5.41 Å². The Labute approximate surface area is 128 Å². The first kappa shape index (κ1) is 15.8. The SMILES string of the molecule is CC(C)(C)c1cc(N)c(O)c(C(=NO)c2ccc(F)cc2)c1. The van der Waals surface area contributed by atoms with E-state index in [9.17, 15) is 14.7 Å². The van der Waals surface area contributed by atoms with Crippen molar-refractivity contribution in [2.75, 3.05) is 5.73 Å². The average Bonchev–Trinajstić information content (AvgIpc) is 2.44. The molecule has 0 saturated carbocycles. The third-order valence-corrected chi connectivity index (χ3v) is 3.48. The number of hydrogen-bond acceptors (Lipinski definition) is 4. The van der Waals surface area contributed by atoms with Gasteiger partial charge < -0.3 is 16.0 Å². The summed E-state index contributed by atoms with van der Waals surface area (Å²) >= 11 is 0. The summed E-state index contributed by atoms with van der Waals surface area (Å²) in [7, 11) is 0. The minimum absolute atomic E-state index is 0.135. The van der Waals surface area contributed by atoms with Crippen molar-refractivity contribution in [3.05, 3.63) is 58.9 Å². The highest BCUT2D eigenvalue weighted by molar-refractivity contribution is 6.15. The van der Waals surface area contributed by atoms with E-state index in [1.54, 1.807) is 12.1 Å². The first-order valence-corrected chi connectivity index (χ1v) is 6.85. The van der Waals surface area contributed by atoms with E-state index in [0.29, 0.717) is 11.1 Å².